The Bertz CT molecular complexity index is 2720. The van der Waals surface area contributed by atoms with E-state index in [0.29, 0.717) is 0 Å². The monoisotopic (exact) mass is 613 g/mol. The molecule has 10 rings (SSSR count). The quantitative estimate of drug-likeness (QED) is 0.198. The maximum Gasteiger partial charge on any atom is 0.138 e. The van der Waals surface area contributed by atoms with Crippen LogP contribution in [0, 0.1) is 0 Å². The number of rotatable bonds is 4. The normalized spacial score (nSPS) is 11.8. The third-order valence-electron chi connectivity index (χ3n) is 9.48. The standard InChI is InChI=1S/C43H27N5/c1-5-13-39-31(9-1)32-10-2-6-14-40(32)47(39)30-18-20-38-36(25-30)35(29-17-19-37(45-27-29)28-21-23-44-24-22-28)26-43(46-38)48-41-15-7-3-11-33(41)34-12-4-8-16-42(34)48/h1-27H. The lowest BCUT2D eigenvalue weighted by atomic mass is 10.0. The van der Waals surface area contributed by atoms with Crippen molar-refractivity contribution in [2.75, 3.05) is 0 Å². The first-order valence-electron chi connectivity index (χ1n) is 16.1. The van der Waals surface area contributed by atoms with Crippen molar-refractivity contribution in [2.24, 2.45) is 0 Å². The molecule has 0 fully saturated rings. The molecule has 48 heavy (non-hydrogen) atoms. The topological polar surface area (TPSA) is 48.5 Å². The molecular weight excluding hydrogens is 587 g/mol. The van der Waals surface area contributed by atoms with E-state index >= 15 is 0 Å². The second kappa shape index (κ2) is 10.5. The average molecular weight is 614 g/mol. The van der Waals surface area contributed by atoms with Gasteiger partial charge >= 0.3 is 0 Å². The third-order valence-corrected chi connectivity index (χ3v) is 9.48. The molecule has 0 aliphatic heterocycles. The molecule has 0 unspecified atom stereocenters. The van der Waals surface area contributed by atoms with Crippen molar-refractivity contribution in [3.05, 3.63) is 164 Å². The summed E-state index contributed by atoms with van der Waals surface area (Å²) in [7, 11) is 0. The summed E-state index contributed by atoms with van der Waals surface area (Å²) in [4.78, 5) is 14.4. The van der Waals surface area contributed by atoms with Gasteiger partial charge in [0, 0.05) is 62.3 Å². The number of fused-ring (bicyclic) bond motifs is 7. The van der Waals surface area contributed by atoms with Gasteiger partial charge in [0.25, 0.3) is 0 Å². The van der Waals surface area contributed by atoms with E-state index < -0.39 is 0 Å². The minimum atomic E-state index is 0.873. The van der Waals surface area contributed by atoms with Crippen molar-refractivity contribution in [1.82, 2.24) is 24.1 Å². The Morgan fingerprint density at radius 1 is 0.438 bits per heavy atom. The van der Waals surface area contributed by atoms with Crippen LogP contribution in [-0.4, -0.2) is 24.1 Å². The maximum atomic E-state index is 5.34. The molecule has 0 saturated heterocycles. The van der Waals surface area contributed by atoms with Crippen LogP contribution in [0.15, 0.2) is 164 Å². The molecule has 10 aromatic rings. The van der Waals surface area contributed by atoms with E-state index in [1.165, 1.54) is 32.6 Å². The molecule has 5 aromatic heterocycles. The van der Waals surface area contributed by atoms with E-state index in [0.717, 1.165) is 55.8 Å². The van der Waals surface area contributed by atoms with Crippen LogP contribution in [0.2, 0.25) is 0 Å². The average Bonchev–Trinajstić information content (AvgIpc) is 3.68. The zero-order valence-corrected chi connectivity index (χ0v) is 25.8. The fourth-order valence-electron chi connectivity index (χ4n) is 7.31. The third kappa shape index (κ3) is 4.01. The van der Waals surface area contributed by atoms with Crippen LogP contribution in [0.4, 0.5) is 0 Å². The molecular formula is C43H27N5. The van der Waals surface area contributed by atoms with Crippen molar-refractivity contribution >= 4 is 54.5 Å². The number of nitrogens with zero attached hydrogens (tertiary/aromatic N) is 5. The van der Waals surface area contributed by atoms with Crippen LogP contribution >= 0.6 is 0 Å². The molecule has 5 heterocycles. The van der Waals surface area contributed by atoms with Gasteiger partial charge in [-0.25, -0.2) is 4.98 Å². The summed E-state index contributed by atoms with van der Waals surface area (Å²) in [6.07, 6.45) is 5.58. The Morgan fingerprint density at radius 3 is 1.56 bits per heavy atom. The van der Waals surface area contributed by atoms with Crippen molar-refractivity contribution in [3.63, 3.8) is 0 Å². The van der Waals surface area contributed by atoms with Crippen LogP contribution in [0.1, 0.15) is 0 Å². The number of hydrogen-bond donors (Lipinski definition) is 0. The van der Waals surface area contributed by atoms with E-state index in [4.69, 9.17) is 9.97 Å². The highest BCUT2D eigenvalue weighted by Crippen LogP contribution is 2.38. The van der Waals surface area contributed by atoms with Crippen molar-refractivity contribution in [3.8, 4) is 33.9 Å². The largest absolute Gasteiger partial charge is 0.309 e. The summed E-state index contributed by atoms with van der Waals surface area (Å²) in [5.41, 5.74) is 10.7. The van der Waals surface area contributed by atoms with Gasteiger partial charge in [-0.3, -0.25) is 14.5 Å². The fourth-order valence-corrected chi connectivity index (χ4v) is 7.31. The van der Waals surface area contributed by atoms with Gasteiger partial charge in [-0.1, -0.05) is 78.9 Å². The summed E-state index contributed by atoms with van der Waals surface area (Å²) in [6.45, 7) is 0. The number of benzene rings is 5. The van der Waals surface area contributed by atoms with E-state index in [1.807, 2.05) is 18.3 Å². The van der Waals surface area contributed by atoms with Gasteiger partial charge in [0.1, 0.15) is 5.82 Å². The lowest BCUT2D eigenvalue weighted by Crippen LogP contribution is -2.00. The van der Waals surface area contributed by atoms with Gasteiger partial charge in [0.15, 0.2) is 0 Å². The predicted octanol–water partition coefficient (Wildman–Crippen LogP) is 10.6. The molecule has 0 N–H and O–H groups in total. The molecule has 0 saturated carbocycles. The minimum Gasteiger partial charge on any atom is -0.309 e. The molecule has 224 valence electrons. The van der Waals surface area contributed by atoms with Crippen LogP contribution < -0.4 is 0 Å². The van der Waals surface area contributed by atoms with Gasteiger partial charge in [-0.15, -0.1) is 0 Å². The zero-order chi connectivity index (χ0) is 31.6. The summed E-state index contributed by atoms with van der Waals surface area (Å²) in [6, 6.07) is 51.5. The Morgan fingerprint density at radius 2 is 1.00 bits per heavy atom. The zero-order valence-electron chi connectivity index (χ0n) is 25.8. The molecule has 5 nitrogen and oxygen atoms in total. The molecule has 0 atom stereocenters. The Hall–Kier alpha value is -6.59. The Labute approximate surface area is 276 Å². The molecule has 0 aliphatic rings. The molecule has 0 radical (unpaired) electrons. The molecule has 0 bridgehead atoms. The SMILES string of the molecule is c1ccc2c(c1)c1ccccc1n2-c1ccc2nc(-n3c4ccccc4c4ccccc43)cc(-c3ccc(-c4ccncc4)nc3)c2c1. The van der Waals surface area contributed by atoms with Gasteiger partial charge in [0.2, 0.25) is 0 Å². The summed E-state index contributed by atoms with van der Waals surface area (Å²) >= 11 is 0. The highest BCUT2D eigenvalue weighted by molar-refractivity contribution is 6.11. The Kier molecular flexibility index (Phi) is 5.81. The first-order chi connectivity index (χ1) is 23.8. The van der Waals surface area contributed by atoms with E-state index in [9.17, 15) is 0 Å². The predicted molar refractivity (Wildman–Crippen MR) is 197 cm³/mol. The molecule has 5 aromatic carbocycles. The second-order valence-electron chi connectivity index (χ2n) is 12.1. The van der Waals surface area contributed by atoms with Crippen molar-refractivity contribution in [1.29, 1.82) is 0 Å². The van der Waals surface area contributed by atoms with Crippen LogP contribution in [-0.2, 0) is 0 Å². The molecule has 0 amide bonds. The highest BCUT2D eigenvalue weighted by Gasteiger charge is 2.18. The number of hydrogen-bond acceptors (Lipinski definition) is 3. The smallest absolute Gasteiger partial charge is 0.138 e. The van der Waals surface area contributed by atoms with Crippen molar-refractivity contribution < 1.29 is 0 Å². The summed E-state index contributed by atoms with van der Waals surface area (Å²) in [5.74, 6) is 0.873. The molecule has 0 spiro atoms. The number of para-hydroxylation sites is 4. The highest BCUT2D eigenvalue weighted by atomic mass is 15.1. The van der Waals surface area contributed by atoms with Gasteiger partial charge < -0.3 is 4.57 Å². The summed E-state index contributed by atoms with van der Waals surface area (Å²) in [5, 5.41) is 5.97. The minimum absolute atomic E-state index is 0.873. The first-order valence-corrected chi connectivity index (χ1v) is 16.1. The van der Waals surface area contributed by atoms with E-state index in [-0.39, 0.29) is 0 Å². The summed E-state index contributed by atoms with van der Waals surface area (Å²) < 4.78 is 4.65. The molecule has 5 heteroatoms. The van der Waals surface area contributed by atoms with Crippen LogP contribution in [0.25, 0.3) is 88.4 Å². The Balaban J connectivity index is 1.25. The maximum absolute atomic E-state index is 5.34. The van der Waals surface area contributed by atoms with E-state index in [2.05, 4.69) is 148 Å². The molecule has 0 aliphatic carbocycles. The fraction of sp³-hybridized carbons (Fsp3) is 0. The lowest BCUT2D eigenvalue weighted by Gasteiger charge is -2.15. The number of pyridine rings is 3. The van der Waals surface area contributed by atoms with Crippen LogP contribution in [0.5, 0.6) is 0 Å². The van der Waals surface area contributed by atoms with E-state index in [1.54, 1.807) is 12.4 Å². The van der Waals surface area contributed by atoms with Gasteiger partial charge in [-0.05, 0) is 72.3 Å². The van der Waals surface area contributed by atoms with Crippen molar-refractivity contribution in [2.45, 2.75) is 0 Å². The number of aromatic nitrogens is 5. The lowest BCUT2D eigenvalue weighted by molar-refractivity contribution is 1.10. The first kappa shape index (κ1) is 26.6. The van der Waals surface area contributed by atoms with Crippen LogP contribution in [0.3, 0.4) is 0 Å². The second-order valence-corrected chi connectivity index (χ2v) is 12.1. The van der Waals surface area contributed by atoms with Gasteiger partial charge in [0.05, 0.1) is 33.3 Å². The van der Waals surface area contributed by atoms with Gasteiger partial charge in [-0.2, -0.15) is 0 Å².